The van der Waals surface area contributed by atoms with Crippen LogP contribution in [0.15, 0.2) is 18.3 Å². The van der Waals surface area contributed by atoms with Crippen LogP contribution in [0.25, 0.3) is 0 Å². The molecule has 26 heavy (non-hydrogen) atoms. The van der Waals surface area contributed by atoms with Crippen molar-refractivity contribution in [2.45, 2.75) is 25.3 Å². The first-order valence-electron chi connectivity index (χ1n) is 8.91. The number of aliphatic hydroxyl groups excluding tert-OH is 1. The molecule has 0 bridgehead atoms. The lowest BCUT2D eigenvalue weighted by atomic mass is 9.96. The number of aliphatic hydroxyl groups is 1. The standard InChI is InChI=1S/C18H25N7O/c1-23(9-10-26)13-17-21-22-18(24(17)2)15-4-7-25(8-5-15)16-11-14(12-19)3-6-20-16/h3,6,11,15,26H,4-5,7-10,13H2,1-2H3. The number of hydrogen-bond acceptors (Lipinski definition) is 7. The highest BCUT2D eigenvalue weighted by molar-refractivity contribution is 5.45. The van der Waals surface area contributed by atoms with Crippen molar-refractivity contribution in [3.05, 3.63) is 35.5 Å². The third-order valence-electron chi connectivity index (χ3n) is 4.95. The van der Waals surface area contributed by atoms with Gasteiger partial charge in [0.25, 0.3) is 0 Å². The van der Waals surface area contributed by atoms with Gasteiger partial charge in [0.15, 0.2) is 0 Å². The van der Waals surface area contributed by atoms with E-state index in [0.29, 0.717) is 24.6 Å². The molecule has 1 fully saturated rings. The Kier molecular flexibility index (Phi) is 5.81. The van der Waals surface area contributed by atoms with Crippen molar-refractivity contribution in [3.8, 4) is 6.07 Å². The number of piperidine rings is 1. The minimum absolute atomic E-state index is 0.140. The number of nitrogens with zero attached hydrogens (tertiary/aromatic N) is 7. The molecule has 3 rings (SSSR count). The van der Waals surface area contributed by atoms with Crippen LogP contribution in [0, 0.1) is 11.3 Å². The quantitative estimate of drug-likeness (QED) is 0.822. The van der Waals surface area contributed by atoms with Gasteiger partial charge in [0, 0.05) is 38.8 Å². The Morgan fingerprint density at radius 3 is 2.81 bits per heavy atom. The number of aromatic nitrogens is 4. The molecule has 0 aromatic carbocycles. The summed E-state index contributed by atoms with van der Waals surface area (Å²) in [6, 6.07) is 5.74. The van der Waals surface area contributed by atoms with Crippen LogP contribution in [0.3, 0.4) is 0 Å². The zero-order valence-corrected chi connectivity index (χ0v) is 15.3. The molecule has 0 aliphatic carbocycles. The highest BCUT2D eigenvalue weighted by atomic mass is 16.3. The average Bonchev–Trinajstić information content (AvgIpc) is 3.02. The molecule has 0 amide bonds. The zero-order chi connectivity index (χ0) is 18.5. The highest BCUT2D eigenvalue weighted by Gasteiger charge is 2.26. The molecule has 8 nitrogen and oxygen atoms in total. The molecule has 2 aromatic heterocycles. The third-order valence-corrected chi connectivity index (χ3v) is 4.95. The third kappa shape index (κ3) is 4.00. The molecule has 1 N–H and O–H groups in total. The van der Waals surface area contributed by atoms with Gasteiger partial charge in [-0.05, 0) is 32.0 Å². The van der Waals surface area contributed by atoms with Gasteiger partial charge in [-0.25, -0.2) is 4.98 Å². The summed E-state index contributed by atoms with van der Waals surface area (Å²) < 4.78 is 2.09. The Morgan fingerprint density at radius 2 is 2.12 bits per heavy atom. The monoisotopic (exact) mass is 355 g/mol. The van der Waals surface area contributed by atoms with Crippen molar-refractivity contribution in [2.75, 3.05) is 38.2 Å². The van der Waals surface area contributed by atoms with Gasteiger partial charge in [-0.3, -0.25) is 4.90 Å². The van der Waals surface area contributed by atoms with Crippen molar-refractivity contribution in [1.82, 2.24) is 24.6 Å². The first-order valence-corrected chi connectivity index (χ1v) is 8.91. The summed E-state index contributed by atoms with van der Waals surface area (Å²) in [6.07, 6.45) is 3.66. The second kappa shape index (κ2) is 8.25. The lowest BCUT2D eigenvalue weighted by molar-refractivity contribution is 0.213. The van der Waals surface area contributed by atoms with Gasteiger partial charge in [-0.1, -0.05) is 0 Å². The van der Waals surface area contributed by atoms with E-state index in [1.54, 1.807) is 12.3 Å². The molecular weight excluding hydrogens is 330 g/mol. The molecule has 0 radical (unpaired) electrons. The fourth-order valence-corrected chi connectivity index (χ4v) is 3.39. The molecule has 2 aromatic rings. The van der Waals surface area contributed by atoms with Crippen LogP contribution in [-0.4, -0.2) is 63.0 Å². The largest absolute Gasteiger partial charge is 0.395 e. The van der Waals surface area contributed by atoms with Gasteiger partial charge >= 0.3 is 0 Å². The minimum Gasteiger partial charge on any atom is -0.395 e. The van der Waals surface area contributed by atoms with E-state index in [9.17, 15) is 0 Å². The van der Waals surface area contributed by atoms with E-state index < -0.39 is 0 Å². The smallest absolute Gasteiger partial charge is 0.146 e. The maximum Gasteiger partial charge on any atom is 0.146 e. The number of rotatable bonds is 6. The van der Waals surface area contributed by atoms with Gasteiger partial charge in [-0.15, -0.1) is 10.2 Å². The zero-order valence-electron chi connectivity index (χ0n) is 15.3. The van der Waals surface area contributed by atoms with Gasteiger partial charge < -0.3 is 14.6 Å². The van der Waals surface area contributed by atoms with Gasteiger partial charge in [0.1, 0.15) is 17.5 Å². The molecule has 1 aliphatic heterocycles. The van der Waals surface area contributed by atoms with E-state index in [-0.39, 0.29) is 6.61 Å². The topological polar surface area (TPSA) is 94.1 Å². The predicted octanol–water partition coefficient (Wildman–Crippen LogP) is 0.890. The second-order valence-corrected chi connectivity index (χ2v) is 6.77. The number of pyridine rings is 1. The highest BCUT2D eigenvalue weighted by Crippen LogP contribution is 2.29. The second-order valence-electron chi connectivity index (χ2n) is 6.77. The van der Waals surface area contributed by atoms with E-state index in [1.165, 1.54) is 0 Å². The lowest BCUT2D eigenvalue weighted by Crippen LogP contribution is -2.34. The number of nitriles is 1. The number of anilines is 1. The van der Waals surface area contributed by atoms with Crippen LogP contribution in [0.4, 0.5) is 5.82 Å². The van der Waals surface area contributed by atoms with Crippen LogP contribution >= 0.6 is 0 Å². The van der Waals surface area contributed by atoms with Crippen molar-refractivity contribution >= 4 is 5.82 Å². The van der Waals surface area contributed by atoms with Crippen molar-refractivity contribution in [3.63, 3.8) is 0 Å². The fraction of sp³-hybridized carbons (Fsp3) is 0.556. The van der Waals surface area contributed by atoms with Gasteiger partial charge in [-0.2, -0.15) is 5.26 Å². The lowest BCUT2D eigenvalue weighted by Gasteiger charge is -2.32. The molecule has 1 aliphatic rings. The Bertz CT molecular complexity index is 774. The molecule has 0 atom stereocenters. The maximum atomic E-state index is 9.05. The summed E-state index contributed by atoms with van der Waals surface area (Å²) in [5.41, 5.74) is 0.641. The maximum absolute atomic E-state index is 9.05. The summed E-state index contributed by atoms with van der Waals surface area (Å²) in [4.78, 5) is 8.65. The predicted molar refractivity (Wildman–Crippen MR) is 97.6 cm³/mol. The molecule has 0 unspecified atom stereocenters. The first-order chi connectivity index (χ1) is 12.6. The molecule has 0 saturated carbocycles. The van der Waals surface area contributed by atoms with Crippen LogP contribution in [0.1, 0.15) is 36.0 Å². The molecule has 0 spiro atoms. The number of hydrogen-bond donors (Lipinski definition) is 1. The van der Waals surface area contributed by atoms with Gasteiger partial charge in [0.05, 0.1) is 24.8 Å². The van der Waals surface area contributed by atoms with Gasteiger partial charge in [0.2, 0.25) is 0 Å². The molecule has 3 heterocycles. The van der Waals surface area contributed by atoms with Crippen molar-refractivity contribution in [1.29, 1.82) is 5.26 Å². The van der Waals surface area contributed by atoms with Crippen molar-refractivity contribution < 1.29 is 5.11 Å². The Labute approximate surface area is 153 Å². The van der Waals surface area contributed by atoms with E-state index in [0.717, 1.165) is 43.4 Å². The Morgan fingerprint density at radius 1 is 1.35 bits per heavy atom. The van der Waals surface area contributed by atoms with Crippen LogP contribution in [0.2, 0.25) is 0 Å². The molecular formula is C18H25N7O. The molecule has 1 saturated heterocycles. The first kappa shape index (κ1) is 18.3. The summed E-state index contributed by atoms with van der Waals surface area (Å²) >= 11 is 0. The normalized spacial score (nSPS) is 15.4. The van der Waals surface area contributed by atoms with E-state index in [4.69, 9.17) is 10.4 Å². The fourth-order valence-electron chi connectivity index (χ4n) is 3.39. The Hall–Kier alpha value is -2.50. The number of likely N-dealkylation sites (N-methyl/N-ethyl adjacent to an activating group) is 1. The Balaban J connectivity index is 1.63. The SMILES string of the molecule is CN(CCO)Cc1nnc(C2CCN(c3cc(C#N)ccn3)CC2)n1C. The summed E-state index contributed by atoms with van der Waals surface area (Å²) in [6.45, 7) is 3.21. The average molecular weight is 355 g/mol. The van der Waals surface area contributed by atoms with E-state index in [1.807, 2.05) is 25.1 Å². The van der Waals surface area contributed by atoms with Crippen molar-refractivity contribution in [2.24, 2.45) is 7.05 Å². The summed E-state index contributed by atoms with van der Waals surface area (Å²) in [5, 5.41) is 26.8. The minimum atomic E-state index is 0.140. The molecule has 8 heteroatoms. The van der Waals surface area contributed by atoms with Crippen LogP contribution in [0.5, 0.6) is 0 Å². The van der Waals surface area contributed by atoms with E-state index >= 15 is 0 Å². The summed E-state index contributed by atoms with van der Waals surface area (Å²) in [7, 11) is 3.98. The van der Waals surface area contributed by atoms with Crippen LogP contribution < -0.4 is 4.90 Å². The van der Waals surface area contributed by atoms with Crippen LogP contribution in [-0.2, 0) is 13.6 Å². The molecule has 138 valence electrons. The van der Waals surface area contributed by atoms with E-state index in [2.05, 4.69) is 30.7 Å². The summed E-state index contributed by atoms with van der Waals surface area (Å²) in [5.74, 6) is 3.18.